The lowest BCUT2D eigenvalue weighted by Crippen LogP contribution is -2.39. The van der Waals surface area contributed by atoms with Crippen LogP contribution in [-0.2, 0) is 18.5 Å². The zero-order chi connectivity index (χ0) is 16.8. The van der Waals surface area contributed by atoms with Crippen LogP contribution in [0.15, 0.2) is 36.7 Å². The molecule has 2 aromatic rings. The lowest BCUT2D eigenvalue weighted by atomic mass is 9.87. The molecular formula is C20H27N3O. The van der Waals surface area contributed by atoms with Crippen molar-refractivity contribution in [3.05, 3.63) is 53.6 Å². The number of methoxy groups -OCH3 is 1. The highest BCUT2D eigenvalue weighted by Gasteiger charge is 2.37. The number of aromatic nitrogens is 2. The molecule has 0 unspecified atom stereocenters. The van der Waals surface area contributed by atoms with Gasteiger partial charge in [-0.15, -0.1) is 0 Å². The number of ether oxygens (including phenoxy) is 1. The summed E-state index contributed by atoms with van der Waals surface area (Å²) in [5.41, 5.74) is 2.40. The molecule has 1 N–H and O–H groups in total. The van der Waals surface area contributed by atoms with Gasteiger partial charge in [0.25, 0.3) is 0 Å². The Hall–Kier alpha value is -1.94. The van der Waals surface area contributed by atoms with Crippen LogP contribution in [0.4, 0.5) is 0 Å². The standard InChI is InChI=1S/C20H27N3O/c1-3-8-19-21-13-16(14-22-19)15-23-20(11-6-7-12-20)17-9-4-5-10-18(17)24-2/h4-5,9-10,13-14,23H,3,6-8,11-12,15H2,1-2H3. The second-order valence-electron chi connectivity index (χ2n) is 6.60. The molecule has 0 atom stereocenters. The first kappa shape index (κ1) is 16.9. The summed E-state index contributed by atoms with van der Waals surface area (Å²) in [4.78, 5) is 8.93. The van der Waals surface area contributed by atoms with Gasteiger partial charge in [0.1, 0.15) is 11.6 Å². The molecule has 0 bridgehead atoms. The van der Waals surface area contributed by atoms with Gasteiger partial charge in [-0.3, -0.25) is 0 Å². The lowest BCUT2D eigenvalue weighted by Gasteiger charge is -2.32. The van der Waals surface area contributed by atoms with E-state index in [4.69, 9.17) is 4.74 Å². The van der Waals surface area contributed by atoms with E-state index in [1.807, 2.05) is 18.5 Å². The van der Waals surface area contributed by atoms with Crippen molar-refractivity contribution in [2.24, 2.45) is 0 Å². The predicted octanol–water partition coefficient (Wildman–Crippen LogP) is 4.00. The summed E-state index contributed by atoms with van der Waals surface area (Å²) in [6.45, 7) is 2.93. The van der Waals surface area contributed by atoms with Crippen LogP contribution in [-0.4, -0.2) is 17.1 Å². The van der Waals surface area contributed by atoms with E-state index in [1.165, 1.54) is 18.4 Å². The molecule has 0 radical (unpaired) electrons. The van der Waals surface area contributed by atoms with Gasteiger partial charge in [-0.05, 0) is 25.3 Å². The highest BCUT2D eigenvalue weighted by molar-refractivity contribution is 5.40. The van der Waals surface area contributed by atoms with Gasteiger partial charge in [-0.25, -0.2) is 9.97 Å². The van der Waals surface area contributed by atoms with Gasteiger partial charge in [0.15, 0.2) is 0 Å². The predicted molar refractivity (Wildman–Crippen MR) is 96.0 cm³/mol. The van der Waals surface area contributed by atoms with Crippen LogP contribution >= 0.6 is 0 Å². The Morgan fingerprint density at radius 2 is 1.83 bits per heavy atom. The van der Waals surface area contributed by atoms with Crippen molar-refractivity contribution in [3.63, 3.8) is 0 Å². The Kier molecular flexibility index (Phi) is 5.46. The minimum atomic E-state index is -0.00526. The highest BCUT2D eigenvalue weighted by atomic mass is 16.5. The van der Waals surface area contributed by atoms with E-state index in [1.54, 1.807) is 7.11 Å². The second kappa shape index (κ2) is 7.75. The average Bonchev–Trinajstić information content (AvgIpc) is 3.11. The fourth-order valence-electron chi connectivity index (χ4n) is 3.66. The van der Waals surface area contributed by atoms with Gasteiger partial charge in [-0.2, -0.15) is 0 Å². The van der Waals surface area contributed by atoms with Crippen LogP contribution in [0.3, 0.4) is 0 Å². The maximum atomic E-state index is 5.61. The number of benzene rings is 1. The average molecular weight is 325 g/mol. The van der Waals surface area contributed by atoms with Crippen molar-refractivity contribution >= 4 is 0 Å². The largest absolute Gasteiger partial charge is 0.496 e. The zero-order valence-corrected chi connectivity index (χ0v) is 14.7. The summed E-state index contributed by atoms with van der Waals surface area (Å²) in [5.74, 6) is 1.91. The van der Waals surface area contributed by atoms with E-state index < -0.39 is 0 Å². The van der Waals surface area contributed by atoms with Crippen LogP contribution in [0.5, 0.6) is 5.75 Å². The Morgan fingerprint density at radius 1 is 1.12 bits per heavy atom. The molecule has 0 saturated heterocycles. The van der Waals surface area contributed by atoms with Crippen molar-refractivity contribution in [1.29, 1.82) is 0 Å². The molecule has 0 spiro atoms. The molecule has 1 fully saturated rings. The normalized spacial score (nSPS) is 16.2. The van der Waals surface area contributed by atoms with Crippen molar-refractivity contribution in [2.75, 3.05) is 7.11 Å². The first-order chi connectivity index (χ1) is 11.8. The maximum absolute atomic E-state index is 5.61. The first-order valence-corrected chi connectivity index (χ1v) is 8.96. The SMILES string of the molecule is CCCc1ncc(CNC2(c3ccccc3OC)CCCC2)cn1. The number of nitrogens with zero attached hydrogens (tertiary/aromatic N) is 2. The number of rotatable bonds is 7. The fourth-order valence-corrected chi connectivity index (χ4v) is 3.66. The smallest absolute Gasteiger partial charge is 0.128 e. The summed E-state index contributed by atoms with van der Waals surface area (Å²) < 4.78 is 5.61. The van der Waals surface area contributed by atoms with Gasteiger partial charge >= 0.3 is 0 Å². The third kappa shape index (κ3) is 3.59. The van der Waals surface area contributed by atoms with Gasteiger partial charge in [0.05, 0.1) is 7.11 Å². The summed E-state index contributed by atoms with van der Waals surface area (Å²) in [5, 5.41) is 3.79. The summed E-state index contributed by atoms with van der Waals surface area (Å²) in [6, 6.07) is 8.38. The molecule has 1 aliphatic carbocycles. The molecule has 4 heteroatoms. The van der Waals surface area contributed by atoms with Crippen LogP contribution in [0.25, 0.3) is 0 Å². The van der Waals surface area contributed by atoms with Crippen molar-refractivity contribution in [3.8, 4) is 5.75 Å². The second-order valence-corrected chi connectivity index (χ2v) is 6.60. The van der Waals surface area contributed by atoms with Crippen LogP contribution in [0, 0.1) is 0 Å². The summed E-state index contributed by atoms with van der Waals surface area (Å²) >= 11 is 0. The number of nitrogens with one attached hydrogen (secondary N) is 1. The van der Waals surface area contributed by atoms with Crippen molar-refractivity contribution in [1.82, 2.24) is 15.3 Å². The molecule has 4 nitrogen and oxygen atoms in total. The van der Waals surface area contributed by atoms with Gasteiger partial charge < -0.3 is 10.1 Å². The molecule has 3 rings (SSSR count). The highest BCUT2D eigenvalue weighted by Crippen LogP contribution is 2.42. The summed E-state index contributed by atoms with van der Waals surface area (Å²) in [6.07, 6.45) is 10.7. The van der Waals surface area contributed by atoms with Gasteiger partial charge in [0.2, 0.25) is 0 Å². The number of aryl methyl sites for hydroxylation is 1. The monoisotopic (exact) mass is 325 g/mol. The lowest BCUT2D eigenvalue weighted by molar-refractivity contribution is 0.316. The van der Waals surface area contributed by atoms with Crippen LogP contribution < -0.4 is 10.1 Å². The molecule has 0 amide bonds. The molecule has 1 aliphatic rings. The molecular weight excluding hydrogens is 298 g/mol. The van der Waals surface area contributed by atoms with E-state index in [0.717, 1.165) is 49.4 Å². The molecule has 1 heterocycles. The minimum absolute atomic E-state index is 0.00526. The molecule has 1 saturated carbocycles. The third-order valence-electron chi connectivity index (χ3n) is 4.94. The number of hydrogen-bond acceptors (Lipinski definition) is 4. The van der Waals surface area contributed by atoms with Crippen LogP contribution in [0.2, 0.25) is 0 Å². The quantitative estimate of drug-likeness (QED) is 0.836. The number of hydrogen-bond donors (Lipinski definition) is 1. The third-order valence-corrected chi connectivity index (χ3v) is 4.94. The van der Waals surface area contributed by atoms with Crippen LogP contribution in [0.1, 0.15) is 56.0 Å². The fraction of sp³-hybridized carbons (Fsp3) is 0.500. The van der Waals surface area contributed by atoms with Gasteiger partial charge in [-0.1, -0.05) is 38.0 Å². The molecule has 1 aromatic heterocycles. The Morgan fingerprint density at radius 3 is 2.50 bits per heavy atom. The van der Waals surface area contributed by atoms with E-state index in [0.29, 0.717) is 0 Å². The minimum Gasteiger partial charge on any atom is -0.496 e. The Balaban J connectivity index is 1.77. The van der Waals surface area contributed by atoms with E-state index in [2.05, 4.69) is 40.4 Å². The maximum Gasteiger partial charge on any atom is 0.128 e. The Labute approximate surface area is 144 Å². The Bertz CT molecular complexity index is 648. The van der Waals surface area contributed by atoms with E-state index in [-0.39, 0.29) is 5.54 Å². The van der Waals surface area contributed by atoms with E-state index in [9.17, 15) is 0 Å². The molecule has 24 heavy (non-hydrogen) atoms. The van der Waals surface area contributed by atoms with Crippen molar-refractivity contribution < 1.29 is 4.74 Å². The molecule has 1 aromatic carbocycles. The first-order valence-electron chi connectivity index (χ1n) is 8.96. The van der Waals surface area contributed by atoms with Crippen molar-refractivity contribution in [2.45, 2.75) is 57.5 Å². The molecule has 0 aliphatic heterocycles. The zero-order valence-electron chi connectivity index (χ0n) is 14.7. The topological polar surface area (TPSA) is 47.0 Å². The molecule has 128 valence electrons. The number of para-hydroxylation sites is 1. The summed E-state index contributed by atoms with van der Waals surface area (Å²) in [7, 11) is 1.75. The van der Waals surface area contributed by atoms with E-state index >= 15 is 0 Å². The van der Waals surface area contributed by atoms with Gasteiger partial charge in [0, 0.05) is 42.0 Å².